The zero-order valence-electron chi connectivity index (χ0n) is 12.8. The lowest BCUT2D eigenvalue weighted by Gasteiger charge is -2.18. The molecule has 0 saturated heterocycles. The van der Waals surface area contributed by atoms with Crippen LogP contribution in [0.4, 0.5) is 0 Å². The van der Waals surface area contributed by atoms with Crippen molar-refractivity contribution in [2.24, 2.45) is 5.73 Å². The molecule has 4 nitrogen and oxygen atoms in total. The Kier molecular flexibility index (Phi) is 6.52. The molecular formula is C16H26N2O2. The number of nitrogens with two attached hydrogens (primary N) is 1. The standard InChI is InChI=1S/C16H26N2O2/c1-5-7-15(17)16(19)18-12(4)13-8-6-9-14(10-13)20-11(2)3/h6,8-12,15H,5,7,17H2,1-4H3,(H,18,19). The van der Waals surface area contributed by atoms with Gasteiger partial charge in [0, 0.05) is 0 Å². The van der Waals surface area contributed by atoms with Gasteiger partial charge in [-0.15, -0.1) is 0 Å². The predicted molar refractivity (Wildman–Crippen MR) is 81.6 cm³/mol. The Labute approximate surface area is 121 Å². The van der Waals surface area contributed by atoms with Gasteiger partial charge in [-0.2, -0.15) is 0 Å². The Morgan fingerprint density at radius 1 is 1.35 bits per heavy atom. The summed E-state index contributed by atoms with van der Waals surface area (Å²) < 4.78 is 5.66. The molecule has 1 rings (SSSR count). The van der Waals surface area contributed by atoms with E-state index < -0.39 is 6.04 Å². The van der Waals surface area contributed by atoms with Crippen molar-refractivity contribution in [1.82, 2.24) is 5.32 Å². The minimum atomic E-state index is -0.433. The van der Waals surface area contributed by atoms with Gasteiger partial charge in [0.1, 0.15) is 5.75 Å². The smallest absolute Gasteiger partial charge is 0.237 e. The van der Waals surface area contributed by atoms with Crippen molar-refractivity contribution in [2.75, 3.05) is 0 Å². The average molecular weight is 278 g/mol. The molecule has 4 heteroatoms. The van der Waals surface area contributed by atoms with Gasteiger partial charge >= 0.3 is 0 Å². The normalized spacial score (nSPS) is 13.9. The predicted octanol–water partition coefficient (Wildman–Crippen LogP) is 2.78. The molecular weight excluding hydrogens is 252 g/mol. The van der Waals surface area contributed by atoms with Gasteiger partial charge in [-0.25, -0.2) is 0 Å². The zero-order chi connectivity index (χ0) is 15.1. The molecule has 1 aromatic rings. The van der Waals surface area contributed by atoms with Gasteiger partial charge in [0.05, 0.1) is 18.2 Å². The molecule has 0 spiro atoms. The highest BCUT2D eigenvalue weighted by atomic mass is 16.5. The molecule has 3 N–H and O–H groups in total. The van der Waals surface area contributed by atoms with Crippen molar-refractivity contribution >= 4 is 5.91 Å². The number of amides is 1. The van der Waals surface area contributed by atoms with Crippen LogP contribution in [-0.4, -0.2) is 18.1 Å². The van der Waals surface area contributed by atoms with E-state index in [0.29, 0.717) is 6.42 Å². The minimum absolute atomic E-state index is 0.0823. The summed E-state index contributed by atoms with van der Waals surface area (Å²) in [5.41, 5.74) is 6.83. The summed E-state index contributed by atoms with van der Waals surface area (Å²) in [6.07, 6.45) is 1.74. The molecule has 0 bridgehead atoms. The van der Waals surface area contributed by atoms with Crippen molar-refractivity contribution in [2.45, 2.75) is 58.7 Å². The summed E-state index contributed by atoms with van der Waals surface area (Å²) in [4.78, 5) is 11.9. The summed E-state index contributed by atoms with van der Waals surface area (Å²) in [7, 11) is 0. The maximum Gasteiger partial charge on any atom is 0.237 e. The monoisotopic (exact) mass is 278 g/mol. The molecule has 0 aliphatic carbocycles. The highest BCUT2D eigenvalue weighted by Crippen LogP contribution is 2.20. The van der Waals surface area contributed by atoms with E-state index in [1.165, 1.54) is 0 Å². The molecule has 0 radical (unpaired) electrons. The zero-order valence-corrected chi connectivity index (χ0v) is 12.8. The van der Waals surface area contributed by atoms with E-state index in [1.807, 2.05) is 52.0 Å². The topological polar surface area (TPSA) is 64.4 Å². The largest absolute Gasteiger partial charge is 0.491 e. The van der Waals surface area contributed by atoms with Crippen LogP contribution >= 0.6 is 0 Å². The molecule has 2 atom stereocenters. The van der Waals surface area contributed by atoms with E-state index in [2.05, 4.69) is 5.32 Å². The molecule has 2 unspecified atom stereocenters. The van der Waals surface area contributed by atoms with E-state index in [1.54, 1.807) is 0 Å². The fourth-order valence-electron chi connectivity index (χ4n) is 1.98. The van der Waals surface area contributed by atoms with Crippen LogP contribution in [0.15, 0.2) is 24.3 Å². The number of benzene rings is 1. The maximum absolute atomic E-state index is 11.9. The lowest BCUT2D eigenvalue weighted by atomic mass is 10.1. The summed E-state index contributed by atoms with van der Waals surface area (Å²) in [6, 6.07) is 7.26. The van der Waals surface area contributed by atoms with Gasteiger partial charge in [0.25, 0.3) is 0 Å². The van der Waals surface area contributed by atoms with Gasteiger partial charge in [0.15, 0.2) is 0 Å². The second-order valence-corrected chi connectivity index (χ2v) is 5.36. The van der Waals surface area contributed by atoms with Crippen LogP contribution in [0.2, 0.25) is 0 Å². The number of carbonyl (C=O) groups is 1. The van der Waals surface area contributed by atoms with Gasteiger partial charge in [-0.3, -0.25) is 4.79 Å². The molecule has 1 amide bonds. The number of nitrogens with one attached hydrogen (secondary N) is 1. The fourth-order valence-corrected chi connectivity index (χ4v) is 1.98. The first-order valence-electron chi connectivity index (χ1n) is 7.26. The fraction of sp³-hybridized carbons (Fsp3) is 0.562. The molecule has 0 aromatic heterocycles. The molecule has 1 aromatic carbocycles. The third kappa shape index (κ3) is 5.21. The quantitative estimate of drug-likeness (QED) is 0.806. The van der Waals surface area contributed by atoms with Crippen molar-refractivity contribution in [3.8, 4) is 5.75 Å². The lowest BCUT2D eigenvalue weighted by molar-refractivity contribution is -0.123. The highest BCUT2D eigenvalue weighted by Gasteiger charge is 2.16. The first kappa shape index (κ1) is 16.5. The third-order valence-electron chi connectivity index (χ3n) is 3.03. The Morgan fingerprint density at radius 3 is 2.65 bits per heavy atom. The molecule has 0 saturated carbocycles. The second kappa shape index (κ2) is 7.90. The summed E-state index contributed by atoms with van der Waals surface area (Å²) in [5.74, 6) is 0.714. The Bertz CT molecular complexity index is 432. The van der Waals surface area contributed by atoms with Crippen LogP contribution in [0.5, 0.6) is 5.75 Å². The van der Waals surface area contributed by atoms with E-state index in [4.69, 9.17) is 10.5 Å². The molecule has 0 aliphatic heterocycles. The molecule has 0 aliphatic rings. The van der Waals surface area contributed by atoms with Crippen LogP contribution < -0.4 is 15.8 Å². The van der Waals surface area contributed by atoms with Gasteiger partial charge in [-0.05, 0) is 44.9 Å². The molecule has 112 valence electrons. The molecule has 0 heterocycles. The highest BCUT2D eigenvalue weighted by molar-refractivity contribution is 5.81. The van der Waals surface area contributed by atoms with Crippen LogP contribution in [0.1, 0.15) is 52.1 Å². The van der Waals surface area contributed by atoms with E-state index in [0.717, 1.165) is 17.7 Å². The number of carbonyl (C=O) groups excluding carboxylic acids is 1. The lowest BCUT2D eigenvalue weighted by Crippen LogP contribution is -2.41. The van der Waals surface area contributed by atoms with Crippen LogP contribution in [0, 0.1) is 0 Å². The number of ether oxygens (including phenoxy) is 1. The first-order chi connectivity index (χ1) is 9.43. The van der Waals surface area contributed by atoms with Crippen LogP contribution in [0.25, 0.3) is 0 Å². The van der Waals surface area contributed by atoms with Crippen molar-refractivity contribution in [1.29, 1.82) is 0 Å². The number of hydrogen-bond acceptors (Lipinski definition) is 3. The summed E-state index contributed by atoms with van der Waals surface area (Å²) in [5, 5.41) is 2.94. The van der Waals surface area contributed by atoms with Gasteiger partial charge in [0.2, 0.25) is 5.91 Å². The summed E-state index contributed by atoms with van der Waals surface area (Å²) >= 11 is 0. The van der Waals surface area contributed by atoms with Gasteiger partial charge < -0.3 is 15.8 Å². The summed E-state index contributed by atoms with van der Waals surface area (Å²) in [6.45, 7) is 7.94. The van der Waals surface area contributed by atoms with E-state index in [9.17, 15) is 4.79 Å². The first-order valence-corrected chi connectivity index (χ1v) is 7.26. The number of rotatable bonds is 7. The van der Waals surface area contributed by atoms with Crippen molar-refractivity contribution in [3.05, 3.63) is 29.8 Å². The van der Waals surface area contributed by atoms with Gasteiger partial charge in [-0.1, -0.05) is 25.5 Å². The van der Waals surface area contributed by atoms with Crippen molar-refractivity contribution < 1.29 is 9.53 Å². The van der Waals surface area contributed by atoms with E-state index >= 15 is 0 Å². The van der Waals surface area contributed by atoms with Crippen LogP contribution in [-0.2, 0) is 4.79 Å². The maximum atomic E-state index is 11.9. The Balaban J connectivity index is 2.67. The number of hydrogen-bond donors (Lipinski definition) is 2. The third-order valence-corrected chi connectivity index (χ3v) is 3.03. The molecule has 20 heavy (non-hydrogen) atoms. The minimum Gasteiger partial charge on any atom is -0.491 e. The molecule has 0 fully saturated rings. The van der Waals surface area contributed by atoms with E-state index in [-0.39, 0.29) is 18.1 Å². The average Bonchev–Trinajstić information content (AvgIpc) is 2.38. The second-order valence-electron chi connectivity index (χ2n) is 5.36. The van der Waals surface area contributed by atoms with Crippen LogP contribution in [0.3, 0.4) is 0 Å². The Morgan fingerprint density at radius 2 is 2.05 bits per heavy atom. The van der Waals surface area contributed by atoms with Crippen molar-refractivity contribution in [3.63, 3.8) is 0 Å². The Hall–Kier alpha value is -1.55. The SMILES string of the molecule is CCCC(N)C(=O)NC(C)c1cccc(OC(C)C)c1.